The van der Waals surface area contributed by atoms with Crippen LogP contribution >= 0.6 is 27.3 Å². The molecule has 0 fully saturated rings. The molecule has 0 radical (unpaired) electrons. The van der Waals surface area contributed by atoms with E-state index in [2.05, 4.69) is 15.9 Å². The lowest BCUT2D eigenvalue weighted by Gasteiger charge is -1.93. The van der Waals surface area contributed by atoms with E-state index in [0.29, 0.717) is 16.0 Å². The van der Waals surface area contributed by atoms with Gasteiger partial charge in [-0.05, 0) is 35.0 Å². The van der Waals surface area contributed by atoms with E-state index in [9.17, 15) is 9.59 Å². The van der Waals surface area contributed by atoms with Crippen LogP contribution in [-0.4, -0.2) is 23.7 Å². The van der Waals surface area contributed by atoms with Gasteiger partial charge >= 0.3 is 11.9 Å². The highest BCUT2D eigenvalue weighted by molar-refractivity contribution is 9.10. The number of rotatable bonds is 4. The SMILES string of the molecule is CCOC(=O)C=Cc1sc(C(=O)O)cc1Br. The van der Waals surface area contributed by atoms with Crippen molar-refractivity contribution in [2.75, 3.05) is 6.61 Å². The molecule has 16 heavy (non-hydrogen) atoms. The Labute approximate surface area is 105 Å². The van der Waals surface area contributed by atoms with E-state index in [-0.39, 0.29) is 4.88 Å². The summed E-state index contributed by atoms with van der Waals surface area (Å²) in [7, 11) is 0. The monoisotopic (exact) mass is 304 g/mol. The number of aromatic carboxylic acids is 1. The molecule has 0 aromatic carbocycles. The molecule has 1 aromatic heterocycles. The number of esters is 1. The number of hydrogen-bond donors (Lipinski definition) is 1. The highest BCUT2D eigenvalue weighted by Gasteiger charge is 2.10. The Kier molecular flexibility index (Phi) is 4.70. The summed E-state index contributed by atoms with van der Waals surface area (Å²) in [6, 6.07) is 1.50. The van der Waals surface area contributed by atoms with E-state index in [1.807, 2.05) is 0 Å². The normalized spacial score (nSPS) is 10.6. The Morgan fingerprint density at radius 1 is 1.62 bits per heavy atom. The van der Waals surface area contributed by atoms with Crippen LogP contribution in [0.5, 0.6) is 0 Å². The fraction of sp³-hybridized carbons (Fsp3) is 0.200. The molecule has 0 saturated heterocycles. The van der Waals surface area contributed by atoms with Gasteiger partial charge in [0.25, 0.3) is 0 Å². The van der Waals surface area contributed by atoms with Crippen molar-refractivity contribution >= 4 is 45.3 Å². The van der Waals surface area contributed by atoms with Crippen LogP contribution in [0.2, 0.25) is 0 Å². The summed E-state index contributed by atoms with van der Waals surface area (Å²) in [5.74, 6) is -1.43. The van der Waals surface area contributed by atoms with Gasteiger partial charge in [0.15, 0.2) is 0 Å². The number of ether oxygens (including phenoxy) is 1. The smallest absolute Gasteiger partial charge is 0.345 e. The molecule has 0 saturated carbocycles. The van der Waals surface area contributed by atoms with Gasteiger partial charge in [0.05, 0.1) is 6.61 Å². The third-order valence-electron chi connectivity index (χ3n) is 1.58. The lowest BCUT2D eigenvalue weighted by molar-refractivity contribution is -0.137. The van der Waals surface area contributed by atoms with Crippen molar-refractivity contribution in [3.63, 3.8) is 0 Å². The third kappa shape index (κ3) is 3.46. The van der Waals surface area contributed by atoms with Crippen LogP contribution in [0, 0.1) is 0 Å². The van der Waals surface area contributed by atoms with Gasteiger partial charge in [-0.3, -0.25) is 0 Å². The average molecular weight is 305 g/mol. The molecule has 0 aliphatic rings. The fourth-order valence-corrected chi connectivity index (χ4v) is 2.48. The second kappa shape index (κ2) is 5.81. The number of carboxylic acids is 1. The predicted molar refractivity (Wildman–Crippen MR) is 64.6 cm³/mol. The van der Waals surface area contributed by atoms with Crippen LogP contribution in [0.3, 0.4) is 0 Å². The summed E-state index contributed by atoms with van der Waals surface area (Å²) < 4.78 is 5.35. The molecule has 1 N–H and O–H groups in total. The molecule has 6 heteroatoms. The second-order valence-corrected chi connectivity index (χ2v) is 4.65. The molecule has 4 nitrogen and oxygen atoms in total. The second-order valence-electron chi connectivity index (χ2n) is 2.71. The third-order valence-corrected chi connectivity index (χ3v) is 3.59. The minimum Gasteiger partial charge on any atom is -0.477 e. The zero-order valence-electron chi connectivity index (χ0n) is 8.40. The van der Waals surface area contributed by atoms with Crippen molar-refractivity contribution in [3.8, 4) is 0 Å². The quantitative estimate of drug-likeness (QED) is 0.686. The minimum atomic E-state index is -0.985. The van der Waals surface area contributed by atoms with Crippen LogP contribution in [0.15, 0.2) is 16.6 Å². The molecular formula is C10H9BrO4S. The zero-order valence-corrected chi connectivity index (χ0v) is 10.8. The van der Waals surface area contributed by atoms with Gasteiger partial charge in [-0.1, -0.05) is 0 Å². The van der Waals surface area contributed by atoms with Crippen molar-refractivity contribution < 1.29 is 19.4 Å². The highest BCUT2D eigenvalue weighted by Crippen LogP contribution is 2.28. The van der Waals surface area contributed by atoms with Crippen molar-refractivity contribution in [2.45, 2.75) is 6.92 Å². The van der Waals surface area contributed by atoms with Crippen molar-refractivity contribution in [1.29, 1.82) is 0 Å². The summed E-state index contributed by atoms with van der Waals surface area (Å²) in [5, 5.41) is 8.76. The molecule has 0 bridgehead atoms. The van der Waals surface area contributed by atoms with Crippen molar-refractivity contribution in [2.24, 2.45) is 0 Å². The Morgan fingerprint density at radius 3 is 2.81 bits per heavy atom. The zero-order chi connectivity index (χ0) is 12.1. The number of carbonyl (C=O) groups is 2. The summed E-state index contributed by atoms with van der Waals surface area (Å²) in [5.41, 5.74) is 0. The number of thiophene rings is 1. The first-order valence-corrected chi connectivity index (χ1v) is 6.03. The van der Waals surface area contributed by atoms with E-state index < -0.39 is 11.9 Å². The maximum Gasteiger partial charge on any atom is 0.345 e. The lowest BCUT2D eigenvalue weighted by Crippen LogP contribution is -1.98. The number of halogens is 1. The van der Waals surface area contributed by atoms with Gasteiger partial charge < -0.3 is 9.84 Å². The maximum absolute atomic E-state index is 11.0. The summed E-state index contributed by atoms with van der Waals surface area (Å²) in [6.45, 7) is 2.03. The van der Waals surface area contributed by atoms with E-state index in [1.54, 1.807) is 6.92 Å². The van der Waals surface area contributed by atoms with Crippen molar-refractivity contribution in [1.82, 2.24) is 0 Å². The Bertz CT molecular complexity index is 436. The molecule has 1 aromatic rings. The Hall–Kier alpha value is -1.14. The summed E-state index contributed by atoms with van der Waals surface area (Å²) in [4.78, 5) is 22.6. The minimum absolute atomic E-state index is 0.218. The fourth-order valence-electron chi connectivity index (χ4n) is 0.936. The first-order valence-electron chi connectivity index (χ1n) is 4.42. The van der Waals surface area contributed by atoms with Gasteiger partial charge in [0, 0.05) is 15.4 Å². The van der Waals surface area contributed by atoms with Gasteiger partial charge in [-0.2, -0.15) is 0 Å². The van der Waals surface area contributed by atoms with Gasteiger partial charge in [-0.15, -0.1) is 11.3 Å². The molecule has 0 unspecified atom stereocenters. The van der Waals surface area contributed by atoms with E-state index in [4.69, 9.17) is 9.84 Å². The van der Waals surface area contributed by atoms with E-state index in [0.717, 1.165) is 11.3 Å². The molecule has 0 atom stereocenters. The molecule has 1 rings (SSSR count). The summed E-state index contributed by atoms with van der Waals surface area (Å²) >= 11 is 4.30. The van der Waals surface area contributed by atoms with Crippen LogP contribution in [0.4, 0.5) is 0 Å². The molecule has 0 aliphatic heterocycles. The number of hydrogen-bond acceptors (Lipinski definition) is 4. The lowest BCUT2D eigenvalue weighted by atomic mass is 10.4. The topological polar surface area (TPSA) is 63.6 Å². The van der Waals surface area contributed by atoms with Gasteiger partial charge in [-0.25, -0.2) is 9.59 Å². The summed E-state index contributed by atoms with van der Waals surface area (Å²) in [6.07, 6.45) is 2.80. The highest BCUT2D eigenvalue weighted by atomic mass is 79.9. The molecular weight excluding hydrogens is 296 g/mol. The molecule has 0 aliphatic carbocycles. The number of carbonyl (C=O) groups excluding carboxylic acids is 1. The van der Waals surface area contributed by atoms with Crippen LogP contribution in [-0.2, 0) is 9.53 Å². The predicted octanol–water partition coefficient (Wildman–Crippen LogP) is 2.79. The molecule has 0 spiro atoms. The standard InChI is InChI=1S/C10H9BrO4S/c1-2-15-9(12)4-3-7-6(11)5-8(16-7)10(13)14/h3-5H,2H2,1H3,(H,13,14). The largest absolute Gasteiger partial charge is 0.477 e. The maximum atomic E-state index is 11.0. The van der Waals surface area contributed by atoms with Crippen LogP contribution < -0.4 is 0 Å². The average Bonchev–Trinajstić information content (AvgIpc) is 2.58. The van der Waals surface area contributed by atoms with Gasteiger partial charge in [0.1, 0.15) is 4.88 Å². The Balaban J connectivity index is 2.81. The van der Waals surface area contributed by atoms with E-state index >= 15 is 0 Å². The van der Waals surface area contributed by atoms with Gasteiger partial charge in [0.2, 0.25) is 0 Å². The van der Waals surface area contributed by atoms with Crippen LogP contribution in [0.25, 0.3) is 6.08 Å². The Morgan fingerprint density at radius 2 is 2.31 bits per heavy atom. The van der Waals surface area contributed by atoms with Crippen molar-refractivity contribution in [3.05, 3.63) is 26.4 Å². The number of carboxylic acid groups (broad SMARTS) is 1. The van der Waals surface area contributed by atoms with Crippen LogP contribution in [0.1, 0.15) is 21.5 Å². The molecule has 86 valence electrons. The first kappa shape index (κ1) is 12.9. The molecule has 1 heterocycles. The first-order chi connectivity index (χ1) is 7.54. The molecule has 0 amide bonds. The van der Waals surface area contributed by atoms with E-state index in [1.165, 1.54) is 18.2 Å².